The van der Waals surface area contributed by atoms with E-state index in [1.165, 1.54) is 0 Å². The van der Waals surface area contributed by atoms with E-state index < -0.39 is 22.5 Å². The fourth-order valence-electron chi connectivity index (χ4n) is 2.80. The van der Waals surface area contributed by atoms with Gasteiger partial charge in [0.15, 0.2) is 5.96 Å². The Hall–Kier alpha value is -0.580. The number of hydrogen-bond acceptors (Lipinski definition) is 4. The standard InChI is InChI=1S/C17H34N4O3S.HI/c1-6-25(23)14-9-7-8-13(12-14)21-15(18-5)19-10-11-20-16(22)24-17(2,3)4;/h13-14H,6-12H2,1-5H3,(H,20,22)(H2,18,19,21);1H. The van der Waals surface area contributed by atoms with Crippen molar-refractivity contribution in [2.45, 2.75) is 70.3 Å². The zero-order valence-corrected chi connectivity index (χ0v) is 19.7. The molecule has 1 fully saturated rings. The average Bonchev–Trinajstić information content (AvgIpc) is 2.55. The second-order valence-corrected chi connectivity index (χ2v) is 9.23. The number of nitrogens with one attached hydrogen (secondary N) is 3. The Morgan fingerprint density at radius 3 is 2.46 bits per heavy atom. The fraction of sp³-hybridized carbons (Fsp3) is 0.882. The van der Waals surface area contributed by atoms with Crippen LogP contribution in [0.4, 0.5) is 4.79 Å². The SMILES string of the molecule is CCS(=O)C1CCCC(NC(=NC)NCCNC(=O)OC(C)(C)C)C1.I. The summed E-state index contributed by atoms with van der Waals surface area (Å²) in [4.78, 5) is 15.8. The van der Waals surface area contributed by atoms with Crippen LogP contribution in [0.1, 0.15) is 53.4 Å². The van der Waals surface area contributed by atoms with E-state index in [0.29, 0.717) is 25.1 Å². The van der Waals surface area contributed by atoms with Crippen LogP contribution in [0.3, 0.4) is 0 Å². The molecule has 1 amide bonds. The summed E-state index contributed by atoms with van der Waals surface area (Å²) in [6.45, 7) is 8.48. The molecular weight excluding hydrogens is 467 g/mol. The Balaban J connectivity index is 0.00000625. The lowest BCUT2D eigenvalue weighted by Gasteiger charge is -2.30. The molecule has 9 heteroatoms. The average molecular weight is 502 g/mol. The first-order valence-electron chi connectivity index (χ1n) is 9.06. The van der Waals surface area contributed by atoms with Crippen LogP contribution in [-0.2, 0) is 15.5 Å². The monoisotopic (exact) mass is 502 g/mol. The Morgan fingerprint density at radius 1 is 1.23 bits per heavy atom. The van der Waals surface area contributed by atoms with Crippen LogP contribution in [0.15, 0.2) is 4.99 Å². The number of rotatable bonds is 6. The number of amides is 1. The molecule has 0 aromatic rings. The van der Waals surface area contributed by atoms with E-state index >= 15 is 0 Å². The van der Waals surface area contributed by atoms with Crippen LogP contribution in [0.25, 0.3) is 0 Å². The number of carbonyl (C=O) groups is 1. The van der Waals surface area contributed by atoms with Gasteiger partial charge < -0.3 is 20.7 Å². The Labute approximate surface area is 177 Å². The van der Waals surface area contributed by atoms with E-state index in [4.69, 9.17) is 4.74 Å². The summed E-state index contributed by atoms with van der Waals surface area (Å²) < 4.78 is 17.2. The lowest BCUT2D eigenvalue weighted by Crippen LogP contribution is -2.48. The van der Waals surface area contributed by atoms with Gasteiger partial charge in [0.2, 0.25) is 0 Å². The quantitative estimate of drug-likeness (QED) is 0.225. The minimum Gasteiger partial charge on any atom is -0.444 e. The number of alkyl carbamates (subject to hydrolysis) is 1. The molecule has 3 unspecified atom stereocenters. The molecule has 0 aromatic heterocycles. The van der Waals surface area contributed by atoms with Crippen molar-refractivity contribution in [3.63, 3.8) is 0 Å². The number of ether oxygens (including phenoxy) is 1. The van der Waals surface area contributed by atoms with Crippen molar-refractivity contribution < 1.29 is 13.7 Å². The third-order valence-corrected chi connectivity index (χ3v) is 5.67. The first-order valence-corrected chi connectivity index (χ1v) is 10.4. The molecule has 3 atom stereocenters. The van der Waals surface area contributed by atoms with Crippen LogP contribution >= 0.6 is 24.0 Å². The molecular formula is C17H35IN4O3S. The molecule has 26 heavy (non-hydrogen) atoms. The van der Waals surface area contributed by atoms with Crippen LogP contribution < -0.4 is 16.0 Å². The van der Waals surface area contributed by atoms with Gasteiger partial charge in [0, 0.05) is 48.0 Å². The highest BCUT2D eigenvalue weighted by Crippen LogP contribution is 2.22. The van der Waals surface area contributed by atoms with Gasteiger partial charge in [0.1, 0.15) is 5.60 Å². The number of nitrogens with zero attached hydrogens (tertiary/aromatic N) is 1. The van der Waals surface area contributed by atoms with Crippen LogP contribution in [0, 0.1) is 0 Å². The highest BCUT2D eigenvalue weighted by atomic mass is 127. The summed E-state index contributed by atoms with van der Waals surface area (Å²) in [7, 11) is 0.990. The predicted molar refractivity (Wildman–Crippen MR) is 119 cm³/mol. The summed E-state index contributed by atoms with van der Waals surface area (Å²) >= 11 is 0. The third kappa shape index (κ3) is 10.5. The second kappa shape index (κ2) is 12.7. The van der Waals surface area contributed by atoms with E-state index in [9.17, 15) is 9.00 Å². The number of halogens is 1. The molecule has 0 heterocycles. The molecule has 0 bridgehead atoms. The van der Waals surface area contributed by atoms with Crippen molar-refractivity contribution in [2.75, 3.05) is 25.9 Å². The summed E-state index contributed by atoms with van der Waals surface area (Å²) in [6.07, 6.45) is 3.69. The van der Waals surface area contributed by atoms with Gasteiger partial charge in [-0.05, 0) is 40.0 Å². The van der Waals surface area contributed by atoms with E-state index in [2.05, 4.69) is 20.9 Å². The highest BCUT2D eigenvalue weighted by Gasteiger charge is 2.26. The normalized spacial score (nSPS) is 22.0. The van der Waals surface area contributed by atoms with Gasteiger partial charge in [-0.15, -0.1) is 24.0 Å². The smallest absolute Gasteiger partial charge is 0.407 e. The third-order valence-electron chi connectivity index (χ3n) is 3.93. The second-order valence-electron chi connectivity index (χ2n) is 7.23. The Morgan fingerprint density at radius 2 is 1.88 bits per heavy atom. The van der Waals surface area contributed by atoms with Crippen molar-refractivity contribution in [2.24, 2.45) is 4.99 Å². The van der Waals surface area contributed by atoms with E-state index in [0.717, 1.165) is 31.4 Å². The van der Waals surface area contributed by atoms with E-state index in [1.807, 2.05) is 27.7 Å². The lowest BCUT2D eigenvalue weighted by atomic mass is 9.95. The first kappa shape index (κ1) is 25.4. The van der Waals surface area contributed by atoms with Crippen molar-refractivity contribution >= 4 is 46.8 Å². The van der Waals surface area contributed by atoms with Gasteiger partial charge in [0.25, 0.3) is 0 Å². The molecule has 1 saturated carbocycles. The minimum absolute atomic E-state index is 0. The molecule has 1 rings (SSSR count). The fourth-order valence-corrected chi connectivity index (χ4v) is 4.15. The maximum absolute atomic E-state index is 12.0. The van der Waals surface area contributed by atoms with Gasteiger partial charge in [-0.3, -0.25) is 9.20 Å². The topological polar surface area (TPSA) is 91.8 Å². The molecule has 7 nitrogen and oxygen atoms in total. The zero-order chi connectivity index (χ0) is 18.9. The van der Waals surface area contributed by atoms with Crippen molar-refractivity contribution in [1.29, 1.82) is 0 Å². The molecule has 0 saturated heterocycles. The van der Waals surface area contributed by atoms with Gasteiger partial charge >= 0.3 is 6.09 Å². The summed E-state index contributed by atoms with van der Waals surface area (Å²) in [5.74, 6) is 1.43. The largest absolute Gasteiger partial charge is 0.444 e. The molecule has 1 aliphatic carbocycles. The first-order chi connectivity index (χ1) is 11.7. The van der Waals surface area contributed by atoms with E-state index in [-0.39, 0.29) is 29.2 Å². The summed E-state index contributed by atoms with van der Waals surface area (Å²) in [5, 5.41) is 9.57. The molecule has 0 radical (unpaired) electrons. The van der Waals surface area contributed by atoms with Crippen LogP contribution in [-0.4, -0.2) is 59.0 Å². The van der Waals surface area contributed by atoms with Crippen LogP contribution in [0.5, 0.6) is 0 Å². The highest BCUT2D eigenvalue weighted by molar-refractivity contribution is 14.0. The number of guanidine groups is 1. The van der Waals surface area contributed by atoms with Crippen molar-refractivity contribution in [1.82, 2.24) is 16.0 Å². The molecule has 0 aliphatic heterocycles. The molecule has 3 N–H and O–H groups in total. The predicted octanol–water partition coefficient (Wildman–Crippen LogP) is 2.37. The number of aliphatic imine (C=N–C) groups is 1. The summed E-state index contributed by atoms with van der Waals surface area (Å²) in [5.41, 5.74) is -0.495. The molecule has 0 spiro atoms. The van der Waals surface area contributed by atoms with Crippen LogP contribution in [0.2, 0.25) is 0 Å². The van der Waals surface area contributed by atoms with Gasteiger partial charge in [0.05, 0.1) is 0 Å². The van der Waals surface area contributed by atoms with E-state index in [1.54, 1.807) is 7.05 Å². The zero-order valence-electron chi connectivity index (χ0n) is 16.6. The maximum Gasteiger partial charge on any atom is 0.407 e. The Bertz CT molecular complexity index is 483. The molecule has 0 aromatic carbocycles. The molecule has 1 aliphatic rings. The van der Waals surface area contributed by atoms with Crippen molar-refractivity contribution in [3.8, 4) is 0 Å². The summed E-state index contributed by atoms with van der Waals surface area (Å²) in [6, 6.07) is 0.291. The lowest BCUT2D eigenvalue weighted by molar-refractivity contribution is 0.0529. The maximum atomic E-state index is 12.0. The molecule has 154 valence electrons. The van der Waals surface area contributed by atoms with Gasteiger partial charge in [-0.25, -0.2) is 4.79 Å². The van der Waals surface area contributed by atoms with Crippen molar-refractivity contribution in [3.05, 3.63) is 0 Å². The number of hydrogen-bond donors (Lipinski definition) is 3. The van der Waals surface area contributed by atoms with Gasteiger partial charge in [-0.2, -0.15) is 0 Å². The van der Waals surface area contributed by atoms with Gasteiger partial charge in [-0.1, -0.05) is 13.3 Å². The minimum atomic E-state index is -0.733. The Kier molecular flexibility index (Phi) is 12.5. The number of carbonyl (C=O) groups excluding carboxylic acids is 1.